The molecule has 0 radical (unpaired) electrons. The summed E-state index contributed by atoms with van der Waals surface area (Å²) in [6.07, 6.45) is 9.50. The molecule has 0 aromatic heterocycles. The Morgan fingerprint density at radius 3 is 2.61 bits per heavy atom. The third-order valence-electron chi connectivity index (χ3n) is 3.68. The maximum atomic E-state index is 10.8. The van der Waals surface area contributed by atoms with E-state index in [1.54, 1.807) is 0 Å². The SMILES string of the molecule is CC(=O)OC[C@H]1CCC[C@H](OC2CCCCC2)O1. The van der Waals surface area contributed by atoms with E-state index in [4.69, 9.17) is 14.2 Å². The minimum Gasteiger partial charge on any atom is -0.463 e. The Bertz CT molecular complexity index is 261. The number of rotatable bonds is 4. The number of carbonyl (C=O) groups is 1. The molecule has 4 heteroatoms. The molecule has 1 saturated carbocycles. The first-order valence-electron chi connectivity index (χ1n) is 7.18. The van der Waals surface area contributed by atoms with Gasteiger partial charge in [0.2, 0.25) is 0 Å². The van der Waals surface area contributed by atoms with Gasteiger partial charge in [0, 0.05) is 6.92 Å². The molecule has 0 spiro atoms. The normalized spacial score (nSPS) is 30.1. The molecule has 0 unspecified atom stereocenters. The van der Waals surface area contributed by atoms with Gasteiger partial charge in [0.05, 0.1) is 12.2 Å². The van der Waals surface area contributed by atoms with Gasteiger partial charge in [0.1, 0.15) is 6.61 Å². The molecule has 1 saturated heterocycles. The molecule has 104 valence electrons. The molecule has 0 N–H and O–H groups in total. The van der Waals surface area contributed by atoms with Crippen molar-refractivity contribution in [3.05, 3.63) is 0 Å². The van der Waals surface area contributed by atoms with E-state index >= 15 is 0 Å². The molecule has 0 bridgehead atoms. The predicted octanol–water partition coefficient (Wildman–Crippen LogP) is 2.79. The third kappa shape index (κ3) is 4.58. The molecular formula is C14H24O4. The number of hydrogen-bond donors (Lipinski definition) is 0. The summed E-state index contributed by atoms with van der Waals surface area (Å²) < 4.78 is 16.8. The zero-order chi connectivity index (χ0) is 12.8. The van der Waals surface area contributed by atoms with Gasteiger partial charge in [-0.3, -0.25) is 4.79 Å². The van der Waals surface area contributed by atoms with Crippen molar-refractivity contribution in [2.24, 2.45) is 0 Å². The van der Waals surface area contributed by atoms with Gasteiger partial charge >= 0.3 is 5.97 Å². The number of carbonyl (C=O) groups excluding carboxylic acids is 1. The van der Waals surface area contributed by atoms with Gasteiger partial charge in [-0.25, -0.2) is 0 Å². The Labute approximate surface area is 109 Å². The van der Waals surface area contributed by atoms with Gasteiger partial charge in [-0.1, -0.05) is 19.3 Å². The van der Waals surface area contributed by atoms with E-state index in [-0.39, 0.29) is 18.4 Å². The Balaban J connectivity index is 1.70. The molecule has 2 rings (SSSR count). The third-order valence-corrected chi connectivity index (χ3v) is 3.68. The standard InChI is InChI=1S/C14H24O4/c1-11(15)16-10-13-8-5-9-14(18-13)17-12-6-3-2-4-7-12/h12-14H,2-10H2,1H3/t13-,14-/m1/s1. The van der Waals surface area contributed by atoms with E-state index < -0.39 is 0 Å². The van der Waals surface area contributed by atoms with Crippen molar-refractivity contribution in [2.75, 3.05) is 6.61 Å². The summed E-state index contributed by atoms with van der Waals surface area (Å²) in [5.41, 5.74) is 0. The van der Waals surface area contributed by atoms with E-state index in [1.165, 1.54) is 26.2 Å². The van der Waals surface area contributed by atoms with Crippen LogP contribution in [0.2, 0.25) is 0 Å². The second-order valence-corrected chi connectivity index (χ2v) is 5.32. The van der Waals surface area contributed by atoms with Crippen molar-refractivity contribution in [1.29, 1.82) is 0 Å². The molecule has 1 aliphatic heterocycles. The van der Waals surface area contributed by atoms with Gasteiger partial charge < -0.3 is 14.2 Å². The van der Waals surface area contributed by atoms with E-state index in [2.05, 4.69) is 0 Å². The summed E-state index contributed by atoms with van der Waals surface area (Å²) >= 11 is 0. The van der Waals surface area contributed by atoms with Crippen molar-refractivity contribution in [3.8, 4) is 0 Å². The fraction of sp³-hybridized carbons (Fsp3) is 0.929. The molecule has 0 amide bonds. The minimum absolute atomic E-state index is 0.0104. The van der Waals surface area contributed by atoms with Crippen molar-refractivity contribution in [1.82, 2.24) is 0 Å². The highest BCUT2D eigenvalue weighted by molar-refractivity contribution is 5.65. The van der Waals surface area contributed by atoms with Crippen LogP contribution < -0.4 is 0 Å². The second-order valence-electron chi connectivity index (χ2n) is 5.32. The first-order chi connectivity index (χ1) is 8.74. The molecule has 1 heterocycles. The van der Waals surface area contributed by atoms with Crippen molar-refractivity contribution in [2.45, 2.75) is 76.8 Å². The van der Waals surface area contributed by atoms with E-state index in [1.807, 2.05) is 0 Å². The molecule has 0 aromatic carbocycles. The molecule has 2 atom stereocenters. The molecule has 0 aromatic rings. The van der Waals surface area contributed by atoms with Crippen molar-refractivity contribution in [3.63, 3.8) is 0 Å². The monoisotopic (exact) mass is 256 g/mol. The van der Waals surface area contributed by atoms with Crippen LogP contribution in [-0.4, -0.2) is 31.1 Å². The first-order valence-corrected chi connectivity index (χ1v) is 7.18. The van der Waals surface area contributed by atoms with E-state index in [0.29, 0.717) is 12.7 Å². The largest absolute Gasteiger partial charge is 0.463 e. The van der Waals surface area contributed by atoms with Crippen LogP contribution >= 0.6 is 0 Å². The fourth-order valence-corrected chi connectivity index (χ4v) is 2.71. The Morgan fingerprint density at radius 2 is 1.89 bits per heavy atom. The quantitative estimate of drug-likeness (QED) is 0.725. The van der Waals surface area contributed by atoms with Crippen LogP contribution in [0.25, 0.3) is 0 Å². The van der Waals surface area contributed by atoms with Gasteiger partial charge in [0.15, 0.2) is 6.29 Å². The van der Waals surface area contributed by atoms with Crippen molar-refractivity contribution >= 4 is 5.97 Å². The van der Waals surface area contributed by atoms with E-state index in [0.717, 1.165) is 32.1 Å². The topological polar surface area (TPSA) is 44.8 Å². The van der Waals surface area contributed by atoms with Crippen LogP contribution in [0, 0.1) is 0 Å². The average molecular weight is 256 g/mol. The zero-order valence-corrected chi connectivity index (χ0v) is 11.2. The summed E-state index contributed by atoms with van der Waals surface area (Å²) in [7, 11) is 0. The summed E-state index contributed by atoms with van der Waals surface area (Å²) in [4.78, 5) is 10.8. The maximum absolute atomic E-state index is 10.8. The van der Waals surface area contributed by atoms with Crippen LogP contribution in [0.15, 0.2) is 0 Å². The molecule has 1 aliphatic carbocycles. The van der Waals surface area contributed by atoms with Crippen LogP contribution in [-0.2, 0) is 19.0 Å². The molecular weight excluding hydrogens is 232 g/mol. The second kappa shape index (κ2) is 7.10. The Kier molecular flexibility index (Phi) is 5.45. The van der Waals surface area contributed by atoms with Crippen LogP contribution in [0.4, 0.5) is 0 Å². The highest BCUT2D eigenvalue weighted by Gasteiger charge is 2.26. The maximum Gasteiger partial charge on any atom is 0.302 e. The summed E-state index contributed by atoms with van der Waals surface area (Å²) in [5, 5.41) is 0. The smallest absolute Gasteiger partial charge is 0.302 e. The van der Waals surface area contributed by atoms with Gasteiger partial charge in [-0.2, -0.15) is 0 Å². The number of esters is 1. The van der Waals surface area contributed by atoms with Crippen molar-refractivity contribution < 1.29 is 19.0 Å². The van der Waals surface area contributed by atoms with Crippen LogP contribution in [0.5, 0.6) is 0 Å². The molecule has 2 fully saturated rings. The van der Waals surface area contributed by atoms with Gasteiger partial charge in [-0.15, -0.1) is 0 Å². The van der Waals surface area contributed by atoms with Gasteiger partial charge in [-0.05, 0) is 32.1 Å². The van der Waals surface area contributed by atoms with Gasteiger partial charge in [0.25, 0.3) is 0 Å². The highest BCUT2D eigenvalue weighted by atomic mass is 16.7. The Hall–Kier alpha value is -0.610. The lowest BCUT2D eigenvalue weighted by molar-refractivity contribution is -0.226. The lowest BCUT2D eigenvalue weighted by atomic mass is 9.97. The molecule has 2 aliphatic rings. The average Bonchev–Trinajstić information content (AvgIpc) is 2.38. The highest BCUT2D eigenvalue weighted by Crippen LogP contribution is 2.26. The number of ether oxygens (including phenoxy) is 3. The molecule has 18 heavy (non-hydrogen) atoms. The first kappa shape index (κ1) is 13.8. The fourth-order valence-electron chi connectivity index (χ4n) is 2.71. The summed E-state index contributed by atoms with van der Waals surface area (Å²) in [5.74, 6) is -0.242. The molecule has 4 nitrogen and oxygen atoms in total. The Morgan fingerprint density at radius 1 is 1.11 bits per heavy atom. The summed E-state index contributed by atoms with van der Waals surface area (Å²) in [6.45, 7) is 1.79. The van der Waals surface area contributed by atoms with Crippen LogP contribution in [0.3, 0.4) is 0 Å². The summed E-state index contributed by atoms with van der Waals surface area (Å²) in [6, 6.07) is 0. The lowest BCUT2D eigenvalue weighted by Crippen LogP contribution is -2.36. The van der Waals surface area contributed by atoms with E-state index in [9.17, 15) is 4.79 Å². The zero-order valence-electron chi connectivity index (χ0n) is 11.2. The predicted molar refractivity (Wildman–Crippen MR) is 67.1 cm³/mol. The lowest BCUT2D eigenvalue weighted by Gasteiger charge is -2.33. The number of hydrogen-bond acceptors (Lipinski definition) is 4. The van der Waals surface area contributed by atoms with Crippen LogP contribution in [0.1, 0.15) is 58.3 Å². The minimum atomic E-state index is -0.242.